The fourth-order valence-electron chi connectivity index (χ4n) is 2.72. The number of guanidine groups is 1. The molecule has 3 aromatic rings. The maximum Gasteiger partial charge on any atom is 0.197 e. The normalized spacial score (nSPS) is 13.9. The zero-order valence-corrected chi connectivity index (χ0v) is 14.3. The molecule has 2 heterocycles. The molecule has 2 N–H and O–H groups in total. The van der Waals surface area contributed by atoms with Gasteiger partial charge in [0.2, 0.25) is 0 Å². The van der Waals surface area contributed by atoms with Crippen LogP contribution >= 0.6 is 11.3 Å². The number of thiazole rings is 1. The largest absolute Gasteiger partial charge is 0.356 e. The van der Waals surface area contributed by atoms with E-state index >= 15 is 0 Å². The van der Waals surface area contributed by atoms with Crippen LogP contribution in [-0.4, -0.2) is 24.0 Å². The molecule has 6 heteroatoms. The van der Waals surface area contributed by atoms with E-state index in [4.69, 9.17) is 0 Å². The second-order valence-corrected chi connectivity index (χ2v) is 6.63. The Hall–Kier alpha value is -2.73. The highest BCUT2D eigenvalue weighted by Gasteiger charge is 2.11. The molecular weight excluding hydrogens is 335 g/mol. The minimum Gasteiger partial charge on any atom is -0.356 e. The Morgan fingerprint density at radius 1 is 1.04 bits per heavy atom. The van der Waals surface area contributed by atoms with E-state index in [1.807, 2.05) is 41.8 Å². The Morgan fingerprint density at radius 2 is 1.88 bits per heavy atom. The van der Waals surface area contributed by atoms with Crippen LogP contribution in [0, 0.1) is 5.82 Å². The summed E-state index contributed by atoms with van der Waals surface area (Å²) < 4.78 is 14.1. The molecule has 25 heavy (non-hydrogen) atoms. The third kappa shape index (κ3) is 3.69. The van der Waals surface area contributed by atoms with E-state index in [0.29, 0.717) is 0 Å². The van der Waals surface area contributed by atoms with Gasteiger partial charge in [0.05, 0.1) is 5.69 Å². The number of aromatic nitrogens is 1. The summed E-state index contributed by atoms with van der Waals surface area (Å²) >= 11 is 1.48. The monoisotopic (exact) mass is 352 g/mol. The van der Waals surface area contributed by atoms with Gasteiger partial charge >= 0.3 is 0 Å². The summed E-state index contributed by atoms with van der Waals surface area (Å²) in [7, 11) is 0. The van der Waals surface area contributed by atoms with Crippen molar-refractivity contribution in [2.45, 2.75) is 6.42 Å². The Bertz CT molecular complexity index is 905. The molecule has 0 saturated heterocycles. The lowest BCUT2D eigenvalue weighted by Gasteiger charge is -2.14. The van der Waals surface area contributed by atoms with Crippen molar-refractivity contribution in [2.75, 3.05) is 18.4 Å². The molecule has 0 unspecified atom stereocenters. The predicted molar refractivity (Wildman–Crippen MR) is 101 cm³/mol. The zero-order valence-electron chi connectivity index (χ0n) is 13.5. The standard InChI is InChI=1S/C19H17FN4S/c20-16-10-14(13-5-2-1-3-6-13)9-15(11-16)17-12-25-19(23-17)24-18-21-7-4-8-22-18/h1-3,5-6,9-12H,4,7-8H2,(H2,21,22,23,24). The quantitative estimate of drug-likeness (QED) is 0.735. The van der Waals surface area contributed by atoms with Crippen molar-refractivity contribution < 1.29 is 4.39 Å². The second-order valence-electron chi connectivity index (χ2n) is 5.77. The lowest BCUT2D eigenvalue weighted by atomic mass is 10.0. The van der Waals surface area contributed by atoms with Gasteiger partial charge in [0, 0.05) is 24.0 Å². The molecule has 1 aliphatic rings. The Kier molecular flexibility index (Phi) is 4.43. The number of nitrogens with one attached hydrogen (secondary N) is 2. The molecule has 0 atom stereocenters. The average Bonchev–Trinajstić information content (AvgIpc) is 3.11. The van der Waals surface area contributed by atoms with Crippen LogP contribution in [0.1, 0.15) is 6.42 Å². The van der Waals surface area contributed by atoms with E-state index in [-0.39, 0.29) is 5.82 Å². The summed E-state index contributed by atoms with van der Waals surface area (Å²) in [6.07, 6.45) is 1.04. The van der Waals surface area contributed by atoms with Gasteiger partial charge in [-0.1, -0.05) is 30.3 Å². The lowest BCUT2D eigenvalue weighted by Crippen LogP contribution is -2.35. The highest BCUT2D eigenvalue weighted by molar-refractivity contribution is 7.14. The molecular formula is C19H17FN4S. The number of aliphatic imine (C=N–C) groups is 1. The van der Waals surface area contributed by atoms with E-state index in [1.54, 1.807) is 6.07 Å². The molecule has 0 amide bonds. The first-order valence-corrected chi connectivity index (χ1v) is 9.03. The van der Waals surface area contributed by atoms with E-state index in [1.165, 1.54) is 17.4 Å². The number of nitrogens with zero attached hydrogens (tertiary/aromatic N) is 2. The smallest absolute Gasteiger partial charge is 0.197 e. The summed E-state index contributed by atoms with van der Waals surface area (Å²) in [5.74, 6) is 0.480. The van der Waals surface area contributed by atoms with Crippen LogP contribution in [0.3, 0.4) is 0 Å². The number of benzene rings is 2. The maximum absolute atomic E-state index is 14.1. The number of anilines is 1. The van der Waals surface area contributed by atoms with Crippen LogP contribution < -0.4 is 10.6 Å². The van der Waals surface area contributed by atoms with Crippen LogP contribution in [-0.2, 0) is 0 Å². The van der Waals surface area contributed by atoms with Gasteiger partial charge in [-0.15, -0.1) is 11.3 Å². The molecule has 1 aliphatic heterocycles. The Labute approximate surface area is 149 Å². The lowest BCUT2D eigenvalue weighted by molar-refractivity contribution is 0.629. The highest BCUT2D eigenvalue weighted by atomic mass is 32.1. The van der Waals surface area contributed by atoms with Crippen molar-refractivity contribution in [2.24, 2.45) is 4.99 Å². The van der Waals surface area contributed by atoms with Crippen molar-refractivity contribution >= 4 is 22.4 Å². The molecule has 0 saturated carbocycles. The van der Waals surface area contributed by atoms with Gasteiger partial charge in [-0.2, -0.15) is 0 Å². The first-order chi connectivity index (χ1) is 12.3. The SMILES string of the molecule is Fc1cc(-c2ccccc2)cc(-c2csc(NC3=NCCCN3)n2)c1. The van der Waals surface area contributed by atoms with Gasteiger partial charge < -0.3 is 10.6 Å². The third-order valence-corrected chi connectivity index (χ3v) is 4.69. The predicted octanol–water partition coefficient (Wildman–Crippen LogP) is 4.38. The van der Waals surface area contributed by atoms with Crippen molar-refractivity contribution in [1.29, 1.82) is 0 Å². The molecule has 0 aliphatic carbocycles. The summed E-state index contributed by atoms with van der Waals surface area (Å²) in [6.45, 7) is 1.73. The van der Waals surface area contributed by atoms with Gasteiger partial charge in [0.1, 0.15) is 5.82 Å². The molecule has 0 fully saturated rings. The van der Waals surface area contributed by atoms with Gasteiger partial charge in [0.25, 0.3) is 0 Å². The van der Waals surface area contributed by atoms with E-state index in [0.717, 1.165) is 53.0 Å². The summed E-state index contributed by atoms with van der Waals surface area (Å²) in [4.78, 5) is 8.95. The van der Waals surface area contributed by atoms with Crippen LogP contribution in [0.15, 0.2) is 58.9 Å². The summed E-state index contributed by atoms with van der Waals surface area (Å²) in [6, 6.07) is 14.8. The molecule has 0 bridgehead atoms. The zero-order chi connectivity index (χ0) is 17.1. The van der Waals surface area contributed by atoms with Gasteiger partial charge in [-0.05, 0) is 35.7 Å². The number of rotatable bonds is 3. The summed E-state index contributed by atoms with van der Waals surface area (Å²) in [5, 5.41) is 9.06. The fraction of sp³-hybridized carbons (Fsp3) is 0.158. The molecule has 2 aromatic carbocycles. The molecule has 4 rings (SSSR count). The minimum absolute atomic E-state index is 0.266. The second kappa shape index (κ2) is 7.03. The molecule has 1 aromatic heterocycles. The van der Waals surface area contributed by atoms with Crippen LogP contribution in [0.25, 0.3) is 22.4 Å². The molecule has 0 spiro atoms. The van der Waals surface area contributed by atoms with E-state index in [9.17, 15) is 4.39 Å². The third-order valence-electron chi connectivity index (χ3n) is 3.93. The van der Waals surface area contributed by atoms with Crippen molar-refractivity contribution in [1.82, 2.24) is 10.3 Å². The highest BCUT2D eigenvalue weighted by Crippen LogP contribution is 2.30. The molecule has 4 nitrogen and oxygen atoms in total. The average molecular weight is 352 g/mol. The van der Waals surface area contributed by atoms with Gasteiger partial charge in [-0.3, -0.25) is 4.99 Å². The number of hydrogen-bond donors (Lipinski definition) is 2. The maximum atomic E-state index is 14.1. The number of halogens is 1. The Morgan fingerprint density at radius 3 is 2.68 bits per heavy atom. The minimum atomic E-state index is -0.266. The molecule has 126 valence electrons. The van der Waals surface area contributed by atoms with Gasteiger partial charge in [0.15, 0.2) is 11.1 Å². The topological polar surface area (TPSA) is 49.3 Å². The fourth-order valence-corrected chi connectivity index (χ4v) is 3.43. The van der Waals surface area contributed by atoms with Crippen LogP contribution in [0.5, 0.6) is 0 Å². The van der Waals surface area contributed by atoms with Crippen molar-refractivity contribution in [3.8, 4) is 22.4 Å². The van der Waals surface area contributed by atoms with Crippen LogP contribution in [0.2, 0.25) is 0 Å². The first-order valence-electron chi connectivity index (χ1n) is 8.15. The van der Waals surface area contributed by atoms with E-state index < -0.39 is 0 Å². The van der Waals surface area contributed by atoms with Crippen molar-refractivity contribution in [3.05, 3.63) is 59.7 Å². The van der Waals surface area contributed by atoms with Gasteiger partial charge in [-0.25, -0.2) is 9.37 Å². The number of hydrogen-bond acceptors (Lipinski definition) is 5. The molecule has 0 radical (unpaired) electrons. The van der Waals surface area contributed by atoms with Crippen molar-refractivity contribution in [3.63, 3.8) is 0 Å². The first kappa shape index (κ1) is 15.8. The Balaban J connectivity index is 1.62. The van der Waals surface area contributed by atoms with E-state index in [2.05, 4.69) is 20.6 Å². The van der Waals surface area contributed by atoms with Crippen LogP contribution in [0.4, 0.5) is 9.52 Å². The summed E-state index contributed by atoms with van der Waals surface area (Å²) in [5.41, 5.74) is 3.34.